The van der Waals surface area contributed by atoms with Crippen molar-refractivity contribution in [3.05, 3.63) is 54.4 Å². The number of hydrogen-bond donors (Lipinski definition) is 1. The standard InChI is InChI=1S/C18H16N4O/c1-2-5-16-19-20-18-15-7-4-3-6-14(15)17(21-22(16)18)12-8-10-13(23)11-9-12/h3-4,6-11,23H,2,5H2,1H3. The summed E-state index contributed by atoms with van der Waals surface area (Å²) in [6.07, 6.45) is 1.82. The predicted molar refractivity (Wildman–Crippen MR) is 89.4 cm³/mol. The highest BCUT2D eigenvalue weighted by atomic mass is 16.3. The third-order valence-corrected chi connectivity index (χ3v) is 3.94. The molecule has 2 aromatic heterocycles. The molecule has 0 saturated carbocycles. The van der Waals surface area contributed by atoms with Gasteiger partial charge >= 0.3 is 0 Å². The maximum atomic E-state index is 9.52. The number of fused-ring (bicyclic) bond motifs is 3. The molecule has 0 aliphatic heterocycles. The van der Waals surface area contributed by atoms with Crippen molar-refractivity contribution in [3.8, 4) is 17.0 Å². The first-order valence-electron chi connectivity index (χ1n) is 7.70. The largest absolute Gasteiger partial charge is 0.508 e. The molecule has 4 rings (SSSR count). The summed E-state index contributed by atoms with van der Waals surface area (Å²) in [7, 11) is 0. The van der Waals surface area contributed by atoms with Gasteiger partial charge in [0.15, 0.2) is 11.5 Å². The van der Waals surface area contributed by atoms with Gasteiger partial charge in [-0.25, -0.2) is 0 Å². The SMILES string of the molecule is CCCc1nnc2c3ccccc3c(-c3ccc(O)cc3)nn12. The molecular weight excluding hydrogens is 288 g/mol. The molecule has 0 aliphatic rings. The molecule has 0 bridgehead atoms. The van der Waals surface area contributed by atoms with Crippen molar-refractivity contribution in [3.63, 3.8) is 0 Å². The molecule has 0 atom stereocenters. The second-order valence-electron chi connectivity index (χ2n) is 5.54. The molecule has 4 aromatic rings. The van der Waals surface area contributed by atoms with Gasteiger partial charge in [-0.2, -0.15) is 9.61 Å². The van der Waals surface area contributed by atoms with E-state index in [0.717, 1.165) is 46.3 Å². The Bertz CT molecular complexity index is 989. The van der Waals surface area contributed by atoms with Crippen LogP contribution in [0.1, 0.15) is 19.2 Å². The van der Waals surface area contributed by atoms with Crippen molar-refractivity contribution in [2.45, 2.75) is 19.8 Å². The number of hydrogen-bond acceptors (Lipinski definition) is 4. The molecule has 5 heteroatoms. The van der Waals surface area contributed by atoms with Gasteiger partial charge < -0.3 is 5.11 Å². The number of rotatable bonds is 3. The highest BCUT2D eigenvalue weighted by molar-refractivity contribution is 6.01. The van der Waals surface area contributed by atoms with Gasteiger partial charge in [0, 0.05) is 22.8 Å². The molecule has 0 aliphatic carbocycles. The quantitative estimate of drug-likeness (QED) is 0.628. The number of nitrogens with zero attached hydrogens (tertiary/aromatic N) is 4. The van der Waals surface area contributed by atoms with E-state index in [1.165, 1.54) is 0 Å². The lowest BCUT2D eigenvalue weighted by Crippen LogP contribution is -2.01. The van der Waals surface area contributed by atoms with Crippen LogP contribution >= 0.6 is 0 Å². The maximum absolute atomic E-state index is 9.52. The second-order valence-corrected chi connectivity index (χ2v) is 5.54. The van der Waals surface area contributed by atoms with Gasteiger partial charge in [-0.15, -0.1) is 10.2 Å². The van der Waals surface area contributed by atoms with E-state index in [1.807, 2.05) is 40.9 Å². The molecule has 0 fully saturated rings. The van der Waals surface area contributed by atoms with E-state index in [2.05, 4.69) is 17.1 Å². The fourth-order valence-corrected chi connectivity index (χ4v) is 2.84. The highest BCUT2D eigenvalue weighted by Gasteiger charge is 2.14. The number of aryl methyl sites for hydroxylation is 1. The molecule has 1 N–H and O–H groups in total. The summed E-state index contributed by atoms with van der Waals surface area (Å²) in [4.78, 5) is 0. The third-order valence-electron chi connectivity index (χ3n) is 3.94. The molecule has 0 amide bonds. The number of phenolic OH excluding ortho intramolecular Hbond substituents is 1. The van der Waals surface area contributed by atoms with Crippen molar-refractivity contribution in [1.29, 1.82) is 0 Å². The summed E-state index contributed by atoms with van der Waals surface area (Å²) in [5, 5.41) is 25.0. The van der Waals surface area contributed by atoms with Crippen LogP contribution in [-0.2, 0) is 6.42 Å². The zero-order valence-corrected chi connectivity index (χ0v) is 12.8. The van der Waals surface area contributed by atoms with Gasteiger partial charge in [0.05, 0.1) is 5.69 Å². The molecule has 2 aromatic carbocycles. The summed E-state index contributed by atoms with van der Waals surface area (Å²) in [5.41, 5.74) is 2.61. The van der Waals surface area contributed by atoms with Gasteiger partial charge in [0.1, 0.15) is 5.75 Å². The molecule has 114 valence electrons. The van der Waals surface area contributed by atoms with E-state index >= 15 is 0 Å². The van der Waals surface area contributed by atoms with E-state index in [4.69, 9.17) is 5.10 Å². The average Bonchev–Trinajstić information content (AvgIpc) is 2.99. The summed E-state index contributed by atoms with van der Waals surface area (Å²) in [6.45, 7) is 2.11. The highest BCUT2D eigenvalue weighted by Crippen LogP contribution is 2.29. The number of phenols is 1. The lowest BCUT2D eigenvalue weighted by Gasteiger charge is -2.08. The maximum Gasteiger partial charge on any atom is 0.185 e. The van der Waals surface area contributed by atoms with Crippen LogP contribution in [0.3, 0.4) is 0 Å². The molecule has 0 saturated heterocycles. The van der Waals surface area contributed by atoms with Crippen LogP contribution in [0.25, 0.3) is 27.7 Å². The number of benzene rings is 2. The molecule has 23 heavy (non-hydrogen) atoms. The van der Waals surface area contributed by atoms with E-state index in [-0.39, 0.29) is 5.75 Å². The Kier molecular flexibility index (Phi) is 3.19. The summed E-state index contributed by atoms with van der Waals surface area (Å²) < 4.78 is 1.84. The topological polar surface area (TPSA) is 63.3 Å². The van der Waals surface area contributed by atoms with Crippen molar-refractivity contribution >= 4 is 16.4 Å². The first kappa shape index (κ1) is 13.7. The van der Waals surface area contributed by atoms with Crippen LogP contribution in [0, 0.1) is 0 Å². The summed E-state index contributed by atoms with van der Waals surface area (Å²) in [6, 6.07) is 15.2. The zero-order chi connectivity index (χ0) is 15.8. The van der Waals surface area contributed by atoms with Gasteiger partial charge in [-0.1, -0.05) is 31.2 Å². The summed E-state index contributed by atoms with van der Waals surface area (Å²) in [5.74, 6) is 1.11. The molecule has 5 nitrogen and oxygen atoms in total. The van der Waals surface area contributed by atoms with Crippen LogP contribution in [-0.4, -0.2) is 24.9 Å². The van der Waals surface area contributed by atoms with Crippen LogP contribution in [0.2, 0.25) is 0 Å². The average molecular weight is 304 g/mol. The second kappa shape index (κ2) is 5.35. The lowest BCUT2D eigenvalue weighted by molar-refractivity contribution is 0.475. The Balaban J connectivity index is 2.07. The fourth-order valence-electron chi connectivity index (χ4n) is 2.84. The van der Waals surface area contributed by atoms with E-state index in [1.54, 1.807) is 12.1 Å². The first-order valence-corrected chi connectivity index (χ1v) is 7.70. The molecule has 2 heterocycles. The third kappa shape index (κ3) is 2.21. The number of aromatic hydroxyl groups is 1. The van der Waals surface area contributed by atoms with E-state index in [0.29, 0.717) is 0 Å². The molecule has 0 spiro atoms. The predicted octanol–water partition coefficient (Wildman–Crippen LogP) is 3.60. The van der Waals surface area contributed by atoms with Gasteiger partial charge in [-0.3, -0.25) is 0 Å². The zero-order valence-electron chi connectivity index (χ0n) is 12.8. The fraction of sp³-hybridized carbons (Fsp3) is 0.167. The van der Waals surface area contributed by atoms with Crippen molar-refractivity contribution < 1.29 is 5.11 Å². The monoisotopic (exact) mass is 304 g/mol. The Morgan fingerprint density at radius 3 is 2.43 bits per heavy atom. The Labute approximate surface area is 133 Å². The van der Waals surface area contributed by atoms with Crippen molar-refractivity contribution in [2.75, 3.05) is 0 Å². The van der Waals surface area contributed by atoms with Crippen LogP contribution in [0.15, 0.2) is 48.5 Å². The van der Waals surface area contributed by atoms with Crippen LogP contribution < -0.4 is 0 Å². The van der Waals surface area contributed by atoms with Crippen LogP contribution in [0.5, 0.6) is 5.75 Å². The minimum absolute atomic E-state index is 0.245. The van der Waals surface area contributed by atoms with Gasteiger partial charge in [0.25, 0.3) is 0 Å². The van der Waals surface area contributed by atoms with E-state index in [9.17, 15) is 5.11 Å². The minimum atomic E-state index is 0.245. The van der Waals surface area contributed by atoms with Crippen LogP contribution in [0.4, 0.5) is 0 Å². The van der Waals surface area contributed by atoms with Gasteiger partial charge in [-0.05, 0) is 30.7 Å². The summed E-state index contributed by atoms with van der Waals surface area (Å²) >= 11 is 0. The minimum Gasteiger partial charge on any atom is -0.508 e. The smallest absolute Gasteiger partial charge is 0.185 e. The first-order chi connectivity index (χ1) is 11.3. The molecule has 0 unspecified atom stereocenters. The Hall–Kier alpha value is -2.95. The lowest BCUT2D eigenvalue weighted by atomic mass is 10.0. The number of aromatic nitrogens is 4. The normalized spacial score (nSPS) is 11.3. The molecule has 0 radical (unpaired) electrons. The van der Waals surface area contributed by atoms with Gasteiger partial charge in [0.2, 0.25) is 0 Å². The van der Waals surface area contributed by atoms with Crippen molar-refractivity contribution in [2.24, 2.45) is 0 Å². The molecular formula is C18H16N4O. The Morgan fingerprint density at radius 2 is 1.70 bits per heavy atom. The Morgan fingerprint density at radius 1 is 0.957 bits per heavy atom. The van der Waals surface area contributed by atoms with Crippen molar-refractivity contribution in [1.82, 2.24) is 19.8 Å². The van der Waals surface area contributed by atoms with E-state index < -0.39 is 0 Å².